The minimum Gasteiger partial charge on any atom is -0.380 e. The van der Waals surface area contributed by atoms with Gasteiger partial charge in [0.25, 0.3) is 11.8 Å². The maximum absolute atomic E-state index is 12.9. The van der Waals surface area contributed by atoms with E-state index in [9.17, 15) is 14.7 Å². The zero-order valence-corrected chi connectivity index (χ0v) is 16.9. The SMILES string of the molecule is Cc1[nH]nc2cccc(-c3ccc(C(=O)N4CCN(C(=O)C5(O)CC5)CC4)cc3)c12. The number of nitrogens with zero attached hydrogens (tertiary/aromatic N) is 3. The Balaban J connectivity index is 1.29. The number of hydrogen-bond donors (Lipinski definition) is 2. The summed E-state index contributed by atoms with van der Waals surface area (Å²) in [6.45, 7) is 3.90. The molecule has 2 aliphatic rings. The van der Waals surface area contributed by atoms with E-state index in [-0.39, 0.29) is 11.8 Å². The van der Waals surface area contributed by atoms with Gasteiger partial charge < -0.3 is 14.9 Å². The second-order valence-electron chi connectivity index (χ2n) is 8.24. The number of aliphatic hydroxyl groups is 1. The van der Waals surface area contributed by atoms with E-state index in [0.717, 1.165) is 27.7 Å². The first kappa shape index (κ1) is 18.8. The fraction of sp³-hybridized carbons (Fsp3) is 0.348. The first-order valence-electron chi connectivity index (χ1n) is 10.3. The Kier molecular flexibility index (Phi) is 4.36. The predicted molar refractivity (Wildman–Crippen MR) is 113 cm³/mol. The molecule has 30 heavy (non-hydrogen) atoms. The van der Waals surface area contributed by atoms with Crippen LogP contribution in [0.25, 0.3) is 22.0 Å². The third-order valence-corrected chi connectivity index (χ3v) is 6.18. The summed E-state index contributed by atoms with van der Waals surface area (Å²) in [5.41, 5.74) is 3.56. The summed E-state index contributed by atoms with van der Waals surface area (Å²) in [7, 11) is 0. The molecule has 3 aromatic rings. The van der Waals surface area contributed by atoms with E-state index in [1.54, 1.807) is 9.80 Å². The highest BCUT2D eigenvalue weighted by molar-refractivity contribution is 5.98. The maximum Gasteiger partial charge on any atom is 0.254 e. The normalized spacial score (nSPS) is 17.9. The predicted octanol–water partition coefficient (Wildman–Crippen LogP) is 2.35. The van der Waals surface area contributed by atoms with E-state index < -0.39 is 5.60 Å². The Morgan fingerprint density at radius 3 is 2.33 bits per heavy atom. The van der Waals surface area contributed by atoms with Crippen molar-refractivity contribution in [1.29, 1.82) is 0 Å². The molecule has 5 rings (SSSR count). The fourth-order valence-electron chi connectivity index (χ4n) is 4.18. The molecule has 1 saturated carbocycles. The van der Waals surface area contributed by atoms with Gasteiger partial charge in [0.1, 0.15) is 5.60 Å². The average Bonchev–Trinajstić information content (AvgIpc) is 3.43. The summed E-state index contributed by atoms with van der Waals surface area (Å²) in [4.78, 5) is 28.6. The number of H-pyrrole nitrogens is 1. The number of hydrogen-bond acceptors (Lipinski definition) is 4. The van der Waals surface area contributed by atoms with Gasteiger partial charge in [-0.25, -0.2) is 0 Å². The highest BCUT2D eigenvalue weighted by atomic mass is 16.3. The first-order valence-corrected chi connectivity index (χ1v) is 10.3. The van der Waals surface area contributed by atoms with E-state index in [1.807, 2.05) is 43.3 Å². The Morgan fingerprint density at radius 1 is 1.00 bits per heavy atom. The minimum atomic E-state index is -1.14. The first-order chi connectivity index (χ1) is 14.5. The van der Waals surface area contributed by atoms with Gasteiger partial charge in [-0.05, 0) is 49.1 Å². The molecule has 2 fully saturated rings. The molecule has 1 aliphatic carbocycles. The van der Waals surface area contributed by atoms with Crippen LogP contribution in [0.3, 0.4) is 0 Å². The second kappa shape index (κ2) is 6.95. The van der Waals surface area contributed by atoms with Crippen LogP contribution in [0.1, 0.15) is 28.9 Å². The Morgan fingerprint density at radius 2 is 1.67 bits per heavy atom. The van der Waals surface area contributed by atoms with Crippen LogP contribution in [0.15, 0.2) is 42.5 Å². The molecule has 154 valence electrons. The van der Waals surface area contributed by atoms with Crippen LogP contribution >= 0.6 is 0 Å². The number of carbonyl (C=O) groups is 2. The molecule has 0 unspecified atom stereocenters. The van der Waals surface area contributed by atoms with Gasteiger partial charge in [-0.2, -0.15) is 5.10 Å². The molecular weight excluding hydrogens is 380 g/mol. The molecule has 2 amide bonds. The van der Waals surface area contributed by atoms with E-state index in [1.165, 1.54) is 0 Å². The molecule has 1 aromatic heterocycles. The standard InChI is InChI=1S/C23H24N4O3/c1-15-20-18(3-2-4-19(20)25-24-15)16-5-7-17(8-6-16)21(28)26-11-13-27(14-12-26)22(29)23(30)9-10-23/h2-8,30H,9-14H2,1H3,(H,24,25). The van der Waals surface area contributed by atoms with Crippen molar-refractivity contribution in [2.45, 2.75) is 25.4 Å². The van der Waals surface area contributed by atoms with Crippen LogP contribution in [0.2, 0.25) is 0 Å². The quantitative estimate of drug-likeness (QED) is 0.701. The molecule has 0 spiro atoms. The van der Waals surface area contributed by atoms with Gasteiger partial charge in [-0.15, -0.1) is 0 Å². The zero-order valence-electron chi connectivity index (χ0n) is 16.9. The van der Waals surface area contributed by atoms with Crippen LogP contribution < -0.4 is 0 Å². The molecule has 2 heterocycles. The number of piperazine rings is 1. The van der Waals surface area contributed by atoms with E-state index in [2.05, 4.69) is 16.3 Å². The van der Waals surface area contributed by atoms with Gasteiger partial charge in [0.15, 0.2) is 0 Å². The second-order valence-corrected chi connectivity index (χ2v) is 8.24. The van der Waals surface area contributed by atoms with Crippen LogP contribution in [0.4, 0.5) is 0 Å². The van der Waals surface area contributed by atoms with Gasteiger partial charge in [0, 0.05) is 42.8 Å². The molecule has 7 nitrogen and oxygen atoms in total. The van der Waals surface area contributed by atoms with Crippen molar-refractivity contribution in [2.24, 2.45) is 0 Å². The van der Waals surface area contributed by atoms with Gasteiger partial charge in [0.2, 0.25) is 0 Å². The Bertz CT molecular complexity index is 1120. The number of aromatic amines is 1. The number of nitrogens with one attached hydrogen (secondary N) is 1. The average molecular weight is 404 g/mol. The topological polar surface area (TPSA) is 89.5 Å². The van der Waals surface area contributed by atoms with Crippen molar-refractivity contribution < 1.29 is 14.7 Å². The van der Waals surface area contributed by atoms with Gasteiger partial charge in [-0.1, -0.05) is 24.3 Å². The molecule has 2 aromatic carbocycles. The van der Waals surface area contributed by atoms with Crippen LogP contribution in [-0.4, -0.2) is 68.7 Å². The molecular formula is C23H24N4O3. The molecule has 1 aliphatic heterocycles. The largest absolute Gasteiger partial charge is 0.380 e. The number of fused-ring (bicyclic) bond motifs is 1. The smallest absolute Gasteiger partial charge is 0.254 e. The molecule has 2 N–H and O–H groups in total. The van der Waals surface area contributed by atoms with E-state index in [4.69, 9.17) is 0 Å². The molecule has 7 heteroatoms. The van der Waals surface area contributed by atoms with Crippen LogP contribution in [0.5, 0.6) is 0 Å². The van der Waals surface area contributed by atoms with Crippen molar-refractivity contribution in [3.8, 4) is 11.1 Å². The van der Waals surface area contributed by atoms with Gasteiger partial charge >= 0.3 is 0 Å². The number of carbonyl (C=O) groups excluding carboxylic acids is 2. The molecule has 0 bridgehead atoms. The summed E-state index contributed by atoms with van der Waals surface area (Å²) in [5.74, 6) is -0.223. The van der Waals surface area contributed by atoms with Crippen molar-refractivity contribution in [1.82, 2.24) is 20.0 Å². The lowest BCUT2D eigenvalue weighted by atomic mass is 9.99. The summed E-state index contributed by atoms with van der Waals surface area (Å²) >= 11 is 0. The summed E-state index contributed by atoms with van der Waals surface area (Å²) in [6.07, 6.45) is 1.09. The lowest BCUT2D eigenvalue weighted by Crippen LogP contribution is -2.53. The fourth-order valence-corrected chi connectivity index (χ4v) is 4.18. The molecule has 0 atom stereocenters. The highest BCUT2D eigenvalue weighted by Gasteiger charge is 2.50. The summed E-state index contributed by atoms with van der Waals surface area (Å²) in [5, 5.41) is 18.5. The van der Waals surface area contributed by atoms with E-state index in [0.29, 0.717) is 44.6 Å². The summed E-state index contributed by atoms with van der Waals surface area (Å²) < 4.78 is 0. The molecule has 1 saturated heterocycles. The van der Waals surface area contributed by atoms with Crippen LogP contribution in [0, 0.1) is 6.92 Å². The van der Waals surface area contributed by atoms with Crippen LogP contribution in [-0.2, 0) is 4.79 Å². The number of aryl methyl sites for hydroxylation is 1. The third kappa shape index (κ3) is 3.15. The van der Waals surface area contributed by atoms with Crippen molar-refractivity contribution in [3.63, 3.8) is 0 Å². The lowest BCUT2D eigenvalue weighted by molar-refractivity contribution is -0.143. The lowest BCUT2D eigenvalue weighted by Gasteiger charge is -2.35. The number of rotatable bonds is 3. The Hall–Kier alpha value is -3.19. The van der Waals surface area contributed by atoms with Crippen molar-refractivity contribution in [2.75, 3.05) is 26.2 Å². The number of benzene rings is 2. The number of aromatic nitrogens is 2. The third-order valence-electron chi connectivity index (χ3n) is 6.18. The summed E-state index contributed by atoms with van der Waals surface area (Å²) in [6, 6.07) is 13.7. The highest BCUT2D eigenvalue weighted by Crippen LogP contribution is 2.37. The van der Waals surface area contributed by atoms with Crippen molar-refractivity contribution in [3.05, 3.63) is 53.7 Å². The number of amides is 2. The zero-order chi connectivity index (χ0) is 20.9. The molecule has 0 radical (unpaired) electrons. The van der Waals surface area contributed by atoms with Gasteiger partial charge in [-0.3, -0.25) is 14.7 Å². The van der Waals surface area contributed by atoms with E-state index >= 15 is 0 Å². The minimum absolute atomic E-state index is 0.0310. The van der Waals surface area contributed by atoms with Gasteiger partial charge in [0.05, 0.1) is 5.52 Å². The Labute approximate surface area is 174 Å². The monoisotopic (exact) mass is 404 g/mol. The van der Waals surface area contributed by atoms with Crippen molar-refractivity contribution >= 4 is 22.7 Å². The maximum atomic E-state index is 12.9.